The number of carbonyl (C=O) groups is 2. The third-order valence-corrected chi connectivity index (χ3v) is 2.40. The number of methoxy groups -OCH3 is 1. The van der Waals surface area contributed by atoms with Crippen molar-refractivity contribution in [1.82, 2.24) is 10.2 Å². The summed E-state index contributed by atoms with van der Waals surface area (Å²) in [6.07, 6.45) is 0. The number of likely N-dealkylation sites (N-methyl/N-ethyl adjacent to an activating group) is 1. The van der Waals surface area contributed by atoms with Gasteiger partial charge in [0.1, 0.15) is 5.75 Å². The highest BCUT2D eigenvalue weighted by Crippen LogP contribution is 2.19. The molecule has 3 N–H and O–H groups in total. The van der Waals surface area contributed by atoms with E-state index in [0.717, 1.165) is 0 Å². The van der Waals surface area contributed by atoms with E-state index in [2.05, 4.69) is 5.32 Å². The predicted octanol–water partition coefficient (Wildman–Crippen LogP) is 0.0954. The van der Waals surface area contributed by atoms with E-state index in [4.69, 9.17) is 10.5 Å². The zero-order valence-electron chi connectivity index (χ0n) is 10.7. The zero-order valence-corrected chi connectivity index (χ0v) is 10.7. The summed E-state index contributed by atoms with van der Waals surface area (Å²) in [6, 6.07) is 4.78. The Hall–Kier alpha value is -2.24. The second-order valence-electron chi connectivity index (χ2n) is 3.92. The predicted molar refractivity (Wildman–Crippen MR) is 68.4 cm³/mol. The molecular weight excluding hydrogens is 234 g/mol. The van der Waals surface area contributed by atoms with Crippen LogP contribution in [-0.2, 0) is 4.79 Å². The van der Waals surface area contributed by atoms with Crippen molar-refractivity contribution in [3.8, 4) is 5.75 Å². The second kappa shape index (κ2) is 5.90. The molecule has 1 aromatic carbocycles. The number of carbonyl (C=O) groups excluding carboxylic acids is 2. The van der Waals surface area contributed by atoms with Gasteiger partial charge in [0, 0.05) is 19.8 Å². The van der Waals surface area contributed by atoms with Gasteiger partial charge in [-0.3, -0.25) is 9.59 Å². The van der Waals surface area contributed by atoms with Gasteiger partial charge in [-0.1, -0.05) is 0 Å². The fraction of sp³-hybridized carbons (Fsp3) is 0.333. The van der Waals surface area contributed by atoms with Crippen LogP contribution in [0, 0.1) is 0 Å². The summed E-state index contributed by atoms with van der Waals surface area (Å²) in [5, 5.41) is 2.51. The molecule has 6 nitrogen and oxygen atoms in total. The topological polar surface area (TPSA) is 84.7 Å². The third-order valence-electron chi connectivity index (χ3n) is 2.40. The van der Waals surface area contributed by atoms with Gasteiger partial charge in [-0.15, -0.1) is 0 Å². The number of nitrogens with one attached hydrogen (secondary N) is 1. The Morgan fingerprint density at radius 2 is 2.06 bits per heavy atom. The van der Waals surface area contributed by atoms with Crippen molar-refractivity contribution in [1.29, 1.82) is 0 Å². The van der Waals surface area contributed by atoms with Crippen LogP contribution in [0.5, 0.6) is 5.75 Å². The van der Waals surface area contributed by atoms with E-state index < -0.39 is 5.91 Å². The van der Waals surface area contributed by atoms with Gasteiger partial charge in [-0.05, 0) is 18.2 Å². The van der Waals surface area contributed by atoms with Crippen LogP contribution < -0.4 is 15.8 Å². The van der Waals surface area contributed by atoms with Crippen LogP contribution in [-0.4, -0.2) is 44.5 Å². The summed E-state index contributed by atoms with van der Waals surface area (Å²) in [5.74, 6) is -0.0558. The Balaban J connectivity index is 2.75. The van der Waals surface area contributed by atoms with Crippen LogP contribution in [0.15, 0.2) is 18.2 Å². The Kier molecular flexibility index (Phi) is 4.53. The molecular formula is C12H17N3O3. The maximum Gasteiger partial charge on any atom is 0.253 e. The summed E-state index contributed by atoms with van der Waals surface area (Å²) >= 11 is 0. The zero-order chi connectivity index (χ0) is 13.7. The molecule has 18 heavy (non-hydrogen) atoms. The molecule has 0 unspecified atom stereocenters. The van der Waals surface area contributed by atoms with Gasteiger partial charge in [-0.25, -0.2) is 0 Å². The van der Waals surface area contributed by atoms with Crippen molar-refractivity contribution in [3.63, 3.8) is 0 Å². The first-order valence-electron chi connectivity index (χ1n) is 5.37. The monoisotopic (exact) mass is 251 g/mol. The van der Waals surface area contributed by atoms with Crippen molar-refractivity contribution < 1.29 is 14.3 Å². The van der Waals surface area contributed by atoms with Crippen molar-refractivity contribution in [2.24, 2.45) is 0 Å². The number of nitrogens with two attached hydrogens (primary N) is 1. The average Bonchev–Trinajstić information content (AvgIpc) is 2.35. The van der Waals surface area contributed by atoms with Crippen molar-refractivity contribution in [3.05, 3.63) is 23.8 Å². The molecule has 0 heterocycles. The highest BCUT2D eigenvalue weighted by atomic mass is 16.5. The highest BCUT2D eigenvalue weighted by molar-refractivity contribution is 6.01. The molecule has 1 rings (SSSR count). The van der Waals surface area contributed by atoms with E-state index in [1.807, 2.05) is 0 Å². The number of rotatable bonds is 4. The van der Waals surface area contributed by atoms with Gasteiger partial charge < -0.3 is 20.7 Å². The Morgan fingerprint density at radius 1 is 1.39 bits per heavy atom. The van der Waals surface area contributed by atoms with Crippen LogP contribution in [0.2, 0.25) is 0 Å². The lowest BCUT2D eigenvalue weighted by Gasteiger charge is -2.12. The minimum absolute atomic E-state index is 0.0670. The van der Waals surface area contributed by atoms with Crippen molar-refractivity contribution >= 4 is 17.5 Å². The van der Waals surface area contributed by atoms with E-state index in [1.165, 1.54) is 18.1 Å². The molecule has 0 aliphatic rings. The van der Waals surface area contributed by atoms with Crippen LogP contribution in [0.1, 0.15) is 10.4 Å². The molecule has 98 valence electrons. The van der Waals surface area contributed by atoms with Crippen LogP contribution in [0.25, 0.3) is 0 Å². The maximum absolute atomic E-state index is 11.8. The van der Waals surface area contributed by atoms with Gasteiger partial charge in [0.2, 0.25) is 5.91 Å². The maximum atomic E-state index is 11.8. The first kappa shape index (κ1) is 13.8. The summed E-state index contributed by atoms with van der Waals surface area (Å²) in [6.45, 7) is -0.0670. The fourth-order valence-electron chi connectivity index (χ4n) is 1.27. The van der Waals surface area contributed by atoms with Gasteiger partial charge in [0.05, 0.1) is 19.2 Å². The smallest absolute Gasteiger partial charge is 0.253 e. The van der Waals surface area contributed by atoms with E-state index in [1.54, 1.807) is 26.2 Å². The van der Waals surface area contributed by atoms with Crippen molar-refractivity contribution in [2.75, 3.05) is 33.5 Å². The van der Waals surface area contributed by atoms with E-state index in [0.29, 0.717) is 17.0 Å². The number of hydrogen-bond donors (Lipinski definition) is 2. The largest absolute Gasteiger partial charge is 0.497 e. The third kappa shape index (κ3) is 3.38. The minimum atomic E-state index is -0.401. The van der Waals surface area contributed by atoms with Gasteiger partial charge >= 0.3 is 0 Å². The Bertz CT molecular complexity index is 458. The Morgan fingerprint density at radius 3 is 2.61 bits per heavy atom. The Labute approximate surface area is 106 Å². The molecule has 0 atom stereocenters. The minimum Gasteiger partial charge on any atom is -0.497 e. The summed E-state index contributed by atoms with van der Waals surface area (Å²) < 4.78 is 5.01. The van der Waals surface area contributed by atoms with Gasteiger partial charge in [-0.2, -0.15) is 0 Å². The van der Waals surface area contributed by atoms with E-state index in [-0.39, 0.29) is 12.5 Å². The number of ether oxygens (including phenoxy) is 1. The molecule has 0 spiro atoms. The summed E-state index contributed by atoms with van der Waals surface area (Å²) in [4.78, 5) is 24.6. The number of anilines is 1. The first-order chi connectivity index (χ1) is 8.45. The normalized spacial score (nSPS) is 9.72. The lowest BCUT2D eigenvalue weighted by molar-refractivity contribution is -0.127. The lowest BCUT2D eigenvalue weighted by Crippen LogP contribution is -2.36. The van der Waals surface area contributed by atoms with E-state index >= 15 is 0 Å². The van der Waals surface area contributed by atoms with Crippen LogP contribution in [0.4, 0.5) is 5.69 Å². The molecule has 6 heteroatoms. The molecule has 2 amide bonds. The van der Waals surface area contributed by atoms with Crippen LogP contribution in [0.3, 0.4) is 0 Å². The molecule has 0 aliphatic heterocycles. The molecule has 1 aromatic rings. The number of amides is 2. The first-order valence-corrected chi connectivity index (χ1v) is 5.37. The number of hydrogen-bond acceptors (Lipinski definition) is 4. The quantitative estimate of drug-likeness (QED) is 0.743. The van der Waals surface area contributed by atoms with Gasteiger partial charge in [0.15, 0.2) is 0 Å². The summed E-state index contributed by atoms with van der Waals surface area (Å²) in [5.41, 5.74) is 6.33. The van der Waals surface area contributed by atoms with E-state index in [9.17, 15) is 9.59 Å². The van der Waals surface area contributed by atoms with Gasteiger partial charge in [0.25, 0.3) is 5.91 Å². The summed E-state index contributed by atoms with van der Waals surface area (Å²) in [7, 11) is 4.74. The molecule has 0 aromatic heterocycles. The fourth-order valence-corrected chi connectivity index (χ4v) is 1.27. The average molecular weight is 251 g/mol. The number of benzene rings is 1. The second-order valence-corrected chi connectivity index (χ2v) is 3.92. The van der Waals surface area contributed by atoms with Crippen molar-refractivity contribution in [2.45, 2.75) is 0 Å². The standard InChI is InChI=1S/C12H17N3O3/c1-15(2)11(16)7-14-12(17)9-6-8(18-3)4-5-10(9)13/h4-6H,7,13H2,1-3H3,(H,14,17). The molecule has 0 aliphatic carbocycles. The molecule has 0 radical (unpaired) electrons. The highest BCUT2D eigenvalue weighted by Gasteiger charge is 2.12. The lowest BCUT2D eigenvalue weighted by atomic mass is 10.1. The number of nitrogen functional groups attached to an aromatic ring is 1. The SMILES string of the molecule is COc1ccc(N)c(C(=O)NCC(=O)N(C)C)c1. The molecule has 0 bridgehead atoms. The number of nitrogens with zero attached hydrogens (tertiary/aromatic N) is 1. The van der Waals surface area contributed by atoms with Crippen LogP contribution >= 0.6 is 0 Å². The molecule has 0 fully saturated rings. The molecule has 0 saturated heterocycles. The molecule has 0 saturated carbocycles.